The minimum absolute atomic E-state index is 0.0754. The van der Waals surface area contributed by atoms with Crippen LogP contribution in [0.2, 0.25) is 0 Å². The Balaban J connectivity index is 1.47. The third kappa shape index (κ3) is 4.48. The van der Waals surface area contributed by atoms with Gasteiger partial charge in [-0.05, 0) is 43.9 Å². The Bertz CT molecular complexity index is 1240. The van der Waals surface area contributed by atoms with Gasteiger partial charge in [0.1, 0.15) is 11.2 Å². The summed E-state index contributed by atoms with van der Waals surface area (Å²) in [6.45, 7) is 3.25. The highest BCUT2D eigenvalue weighted by molar-refractivity contribution is 5.91. The number of fused-ring (bicyclic) bond motifs is 1. The minimum atomic E-state index is -0.234. The predicted octanol–water partition coefficient (Wildman–Crippen LogP) is 2.29. The summed E-state index contributed by atoms with van der Waals surface area (Å²) in [4.78, 5) is 36.2. The molecule has 1 amide bonds. The van der Waals surface area contributed by atoms with Crippen LogP contribution in [0.4, 0.5) is 11.5 Å². The van der Waals surface area contributed by atoms with Crippen molar-refractivity contribution in [1.29, 1.82) is 0 Å². The molecule has 0 bridgehead atoms. The molecule has 1 saturated carbocycles. The van der Waals surface area contributed by atoms with Gasteiger partial charge in [-0.2, -0.15) is 0 Å². The summed E-state index contributed by atoms with van der Waals surface area (Å²) >= 11 is 0. The van der Waals surface area contributed by atoms with E-state index in [0.29, 0.717) is 16.7 Å². The fraction of sp³-hybridized carbons (Fsp3) is 0.440. The van der Waals surface area contributed by atoms with Crippen LogP contribution >= 0.6 is 0 Å². The van der Waals surface area contributed by atoms with Crippen LogP contribution in [0.1, 0.15) is 25.7 Å². The number of ether oxygens (including phenoxy) is 1. The molecule has 3 N–H and O–H groups in total. The largest absolute Gasteiger partial charge is 0.378 e. The zero-order valence-electron chi connectivity index (χ0n) is 19.4. The molecule has 178 valence electrons. The number of pyridine rings is 1. The lowest BCUT2D eigenvalue weighted by Crippen LogP contribution is -2.36. The molecule has 34 heavy (non-hydrogen) atoms. The van der Waals surface area contributed by atoms with E-state index in [1.54, 1.807) is 7.05 Å². The molecule has 0 atom stereocenters. The monoisotopic (exact) mass is 462 g/mol. The molecule has 0 unspecified atom stereocenters. The number of anilines is 2. The van der Waals surface area contributed by atoms with Crippen LogP contribution in [0.5, 0.6) is 0 Å². The van der Waals surface area contributed by atoms with Crippen LogP contribution in [0.25, 0.3) is 22.2 Å². The third-order valence-corrected chi connectivity index (χ3v) is 6.91. The molecule has 1 aliphatic carbocycles. The number of nitrogens with zero attached hydrogens (tertiary/aromatic N) is 4. The van der Waals surface area contributed by atoms with E-state index < -0.39 is 0 Å². The van der Waals surface area contributed by atoms with Gasteiger partial charge in [0.05, 0.1) is 30.8 Å². The van der Waals surface area contributed by atoms with Gasteiger partial charge in [-0.15, -0.1) is 0 Å². The van der Waals surface area contributed by atoms with E-state index in [1.807, 2.05) is 6.07 Å². The van der Waals surface area contributed by atoms with E-state index in [-0.39, 0.29) is 23.4 Å². The lowest BCUT2D eigenvalue weighted by molar-refractivity contribution is -0.122. The summed E-state index contributed by atoms with van der Waals surface area (Å²) in [5.74, 6) is 0.234. The molecular formula is C25H30N6O3. The standard InChI is InChI=1S/C25H30N6O3/c1-30-15-27-21-14-20(16-4-8-19(9-5-16)31-10-12-34-13-11-31)29-24(22(21)25(30)33)28-18-6-2-17(3-7-18)23(26)32/h4-5,8-9,14-15,17-18H,2-3,6-7,10-13H2,1H3,(H2,26,32)(H,28,29). The number of carbonyl (C=O) groups excluding carboxylic acids is 1. The maximum absolute atomic E-state index is 13.0. The Morgan fingerprint density at radius 3 is 2.50 bits per heavy atom. The number of nitrogens with one attached hydrogen (secondary N) is 1. The number of hydrogen-bond acceptors (Lipinski definition) is 7. The Labute approximate surface area is 197 Å². The van der Waals surface area contributed by atoms with Crippen LogP contribution in [-0.2, 0) is 16.6 Å². The van der Waals surface area contributed by atoms with Gasteiger partial charge in [0, 0.05) is 43.3 Å². The highest BCUT2D eigenvalue weighted by Gasteiger charge is 2.26. The molecule has 3 heterocycles. The molecule has 0 radical (unpaired) electrons. The van der Waals surface area contributed by atoms with Gasteiger partial charge in [-0.1, -0.05) is 12.1 Å². The van der Waals surface area contributed by atoms with Crippen molar-refractivity contribution in [3.63, 3.8) is 0 Å². The van der Waals surface area contributed by atoms with Crippen LogP contribution in [0.15, 0.2) is 41.5 Å². The van der Waals surface area contributed by atoms with Crippen molar-refractivity contribution in [2.45, 2.75) is 31.7 Å². The normalized spacial score (nSPS) is 20.9. The molecular weight excluding hydrogens is 432 g/mol. The zero-order valence-corrected chi connectivity index (χ0v) is 19.4. The van der Waals surface area contributed by atoms with E-state index in [2.05, 4.69) is 39.5 Å². The number of nitrogens with two attached hydrogens (primary N) is 1. The number of primary amides is 1. The topological polar surface area (TPSA) is 115 Å². The average Bonchev–Trinajstić information content (AvgIpc) is 2.87. The van der Waals surface area contributed by atoms with E-state index in [9.17, 15) is 9.59 Å². The summed E-state index contributed by atoms with van der Waals surface area (Å²) in [5, 5.41) is 3.97. The first-order valence-electron chi connectivity index (χ1n) is 11.8. The van der Waals surface area contributed by atoms with Gasteiger partial charge < -0.3 is 25.3 Å². The van der Waals surface area contributed by atoms with Gasteiger partial charge in [0.15, 0.2) is 0 Å². The van der Waals surface area contributed by atoms with Crippen molar-refractivity contribution in [2.75, 3.05) is 36.5 Å². The third-order valence-electron chi connectivity index (χ3n) is 6.91. The SMILES string of the molecule is Cn1cnc2cc(-c3ccc(N4CCOCC4)cc3)nc(NC3CCC(C(N)=O)CC3)c2c1=O. The molecule has 2 fully saturated rings. The molecule has 3 aromatic rings. The lowest BCUT2D eigenvalue weighted by atomic mass is 9.85. The summed E-state index contributed by atoms with van der Waals surface area (Å²) in [6.07, 6.45) is 4.62. The van der Waals surface area contributed by atoms with Gasteiger partial charge in [0.2, 0.25) is 5.91 Å². The highest BCUT2D eigenvalue weighted by atomic mass is 16.5. The van der Waals surface area contributed by atoms with E-state index >= 15 is 0 Å². The number of benzene rings is 1. The summed E-state index contributed by atoms with van der Waals surface area (Å²) in [6, 6.07) is 10.3. The molecule has 0 spiro atoms. The summed E-state index contributed by atoms with van der Waals surface area (Å²) in [7, 11) is 1.69. The first kappa shape index (κ1) is 22.3. The Kier molecular flexibility index (Phi) is 6.19. The number of aryl methyl sites for hydroxylation is 1. The molecule has 1 saturated heterocycles. The maximum atomic E-state index is 13.0. The second-order valence-electron chi connectivity index (χ2n) is 9.15. The summed E-state index contributed by atoms with van der Waals surface area (Å²) in [5.41, 5.74) is 8.83. The second-order valence-corrected chi connectivity index (χ2v) is 9.15. The van der Waals surface area contributed by atoms with Crippen molar-refractivity contribution in [3.05, 3.63) is 47.0 Å². The van der Waals surface area contributed by atoms with Gasteiger partial charge in [-0.3, -0.25) is 9.59 Å². The highest BCUT2D eigenvalue weighted by Crippen LogP contribution is 2.30. The van der Waals surface area contributed by atoms with Crippen LogP contribution in [0, 0.1) is 5.92 Å². The molecule has 1 aliphatic heterocycles. The smallest absolute Gasteiger partial charge is 0.264 e. The fourth-order valence-electron chi connectivity index (χ4n) is 4.85. The zero-order chi connectivity index (χ0) is 23.7. The number of amides is 1. The van der Waals surface area contributed by atoms with Crippen LogP contribution < -0.4 is 21.5 Å². The van der Waals surface area contributed by atoms with Gasteiger partial charge in [0.25, 0.3) is 5.56 Å². The van der Waals surface area contributed by atoms with Crippen LogP contribution in [0.3, 0.4) is 0 Å². The first-order chi connectivity index (χ1) is 16.5. The van der Waals surface area contributed by atoms with Crippen molar-refractivity contribution >= 4 is 28.3 Å². The number of rotatable bonds is 5. The van der Waals surface area contributed by atoms with Crippen molar-refractivity contribution in [1.82, 2.24) is 14.5 Å². The van der Waals surface area contributed by atoms with E-state index in [0.717, 1.165) is 68.9 Å². The molecule has 9 nitrogen and oxygen atoms in total. The molecule has 2 aromatic heterocycles. The Morgan fingerprint density at radius 2 is 1.82 bits per heavy atom. The predicted molar refractivity (Wildman–Crippen MR) is 132 cm³/mol. The number of hydrogen-bond donors (Lipinski definition) is 2. The molecule has 1 aromatic carbocycles. The quantitative estimate of drug-likeness (QED) is 0.598. The first-order valence-corrected chi connectivity index (χ1v) is 11.8. The fourth-order valence-corrected chi connectivity index (χ4v) is 4.85. The molecule has 5 rings (SSSR count). The minimum Gasteiger partial charge on any atom is -0.378 e. The van der Waals surface area contributed by atoms with Crippen molar-refractivity contribution < 1.29 is 9.53 Å². The second kappa shape index (κ2) is 9.42. The van der Waals surface area contributed by atoms with Crippen LogP contribution in [-0.4, -0.2) is 52.8 Å². The average molecular weight is 463 g/mol. The lowest BCUT2D eigenvalue weighted by Gasteiger charge is -2.29. The summed E-state index contributed by atoms with van der Waals surface area (Å²) < 4.78 is 6.92. The number of morpholine rings is 1. The molecule has 2 aliphatic rings. The molecule has 9 heteroatoms. The maximum Gasteiger partial charge on any atom is 0.264 e. The number of carbonyl (C=O) groups is 1. The Morgan fingerprint density at radius 1 is 1.12 bits per heavy atom. The van der Waals surface area contributed by atoms with E-state index in [4.69, 9.17) is 15.5 Å². The van der Waals surface area contributed by atoms with E-state index in [1.165, 1.54) is 10.9 Å². The van der Waals surface area contributed by atoms with Gasteiger partial charge in [-0.25, -0.2) is 9.97 Å². The Hall–Kier alpha value is -3.46. The van der Waals surface area contributed by atoms with Crippen molar-refractivity contribution in [2.24, 2.45) is 18.7 Å². The van der Waals surface area contributed by atoms with Gasteiger partial charge >= 0.3 is 0 Å². The van der Waals surface area contributed by atoms with Crippen molar-refractivity contribution in [3.8, 4) is 11.3 Å². The number of aromatic nitrogens is 3.